The number of pyridine rings is 1. The molecule has 22 heavy (non-hydrogen) atoms. The summed E-state index contributed by atoms with van der Waals surface area (Å²) in [6.45, 7) is 0. The molecule has 0 atom stereocenters. The molecule has 0 aliphatic rings. The van der Waals surface area contributed by atoms with E-state index in [-0.39, 0.29) is 5.91 Å². The molecule has 0 saturated heterocycles. The van der Waals surface area contributed by atoms with E-state index in [1.165, 1.54) is 11.3 Å². The highest BCUT2D eigenvalue weighted by Gasteiger charge is 2.11. The molecule has 2 aromatic heterocycles. The van der Waals surface area contributed by atoms with Crippen molar-refractivity contribution in [1.29, 1.82) is 0 Å². The van der Waals surface area contributed by atoms with Crippen LogP contribution in [0.1, 0.15) is 10.4 Å². The van der Waals surface area contributed by atoms with Crippen molar-refractivity contribution in [2.24, 2.45) is 0 Å². The molecule has 4 nitrogen and oxygen atoms in total. The van der Waals surface area contributed by atoms with Crippen LogP contribution in [0, 0.1) is 0 Å². The number of thiazole rings is 1. The van der Waals surface area contributed by atoms with Gasteiger partial charge in [0.25, 0.3) is 5.91 Å². The Balaban J connectivity index is 1.79. The molecule has 0 unspecified atom stereocenters. The first-order valence-corrected chi connectivity index (χ1v) is 7.89. The van der Waals surface area contributed by atoms with Crippen LogP contribution in [0.3, 0.4) is 0 Å². The summed E-state index contributed by atoms with van der Waals surface area (Å²) in [5.74, 6) is -0.309. The van der Waals surface area contributed by atoms with E-state index in [9.17, 15) is 4.79 Å². The lowest BCUT2D eigenvalue weighted by Crippen LogP contribution is -2.11. The molecule has 110 valence electrons. The zero-order valence-electron chi connectivity index (χ0n) is 11.1. The molecule has 3 aromatic rings. The van der Waals surface area contributed by atoms with Crippen LogP contribution in [0.4, 0.5) is 5.13 Å². The van der Waals surface area contributed by atoms with Crippen molar-refractivity contribution in [3.63, 3.8) is 0 Å². The number of nitrogens with zero attached hydrogens (tertiary/aromatic N) is 2. The Bertz CT molecular complexity index is 800. The zero-order chi connectivity index (χ0) is 15.5. The molecule has 0 bridgehead atoms. The second-order valence-corrected chi connectivity index (χ2v) is 6.12. The van der Waals surface area contributed by atoms with E-state index in [1.807, 2.05) is 17.5 Å². The monoisotopic (exact) mass is 349 g/mol. The van der Waals surface area contributed by atoms with Crippen LogP contribution < -0.4 is 5.32 Å². The number of hydrogen-bond donors (Lipinski definition) is 1. The van der Waals surface area contributed by atoms with Crippen LogP contribution in [-0.2, 0) is 0 Å². The second-order valence-electron chi connectivity index (χ2n) is 4.39. The number of carbonyl (C=O) groups is 1. The van der Waals surface area contributed by atoms with Gasteiger partial charge in [0.05, 0.1) is 5.69 Å². The minimum absolute atomic E-state index is 0.309. The van der Waals surface area contributed by atoms with Gasteiger partial charge >= 0.3 is 0 Å². The number of hydrogen-bond acceptors (Lipinski definition) is 4. The number of nitrogens with one attached hydrogen (secondary N) is 1. The van der Waals surface area contributed by atoms with Gasteiger partial charge in [0, 0.05) is 38.9 Å². The fraction of sp³-hybridized carbons (Fsp3) is 0. The number of rotatable bonds is 3. The molecule has 0 spiro atoms. The fourth-order valence-corrected chi connectivity index (χ4v) is 3.07. The van der Waals surface area contributed by atoms with Crippen molar-refractivity contribution in [3.8, 4) is 11.3 Å². The largest absolute Gasteiger partial charge is 0.298 e. The van der Waals surface area contributed by atoms with E-state index >= 15 is 0 Å². The Kier molecular flexibility index (Phi) is 4.38. The average Bonchev–Trinajstić information content (AvgIpc) is 2.95. The Morgan fingerprint density at radius 1 is 1.18 bits per heavy atom. The number of amides is 1. The number of halogens is 2. The maximum atomic E-state index is 12.2. The standard InChI is InChI=1S/C15H9Cl2N3OS/c16-11-4-10(5-12(17)6-11)14(21)20-15-19-13(8-22-15)9-2-1-3-18-7-9/h1-8H,(H,19,20,21). The van der Waals surface area contributed by atoms with Gasteiger partial charge in [-0.25, -0.2) is 4.98 Å². The van der Waals surface area contributed by atoms with Crippen molar-refractivity contribution in [1.82, 2.24) is 9.97 Å². The normalized spacial score (nSPS) is 10.5. The van der Waals surface area contributed by atoms with E-state index in [0.717, 1.165) is 11.3 Å². The Morgan fingerprint density at radius 2 is 1.95 bits per heavy atom. The van der Waals surface area contributed by atoms with Crippen molar-refractivity contribution >= 4 is 45.6 Å². The van der Waals surface area contributed by atoms with Gasteiger partial charge in [0.1, 0.15) is 0 Å². The summed E-state index contributed by atoms with van der Waals surface area (Å²) in [7, 11) is 0. The Morgan fingerprint density at radius 3 is 2.64 bits per heavy atom. The maximum Gasteiger partial charge on any atom is 0.257 e. The Hall–Kier alpha value is -1.95. The molecule has 0 aliphatic carbocycles. The molecular weight excluding hydrogens is 341 g/mol. The summed E-state index contributed by atoms with van der Waals surface area (Å²) < 4.78 is 0. The van der Waals surface area contributed by atoms with Crippen molar-refractivity contribution in [3.05, 3.63) is 63.7 Å². The highest BCUT2D eigenvalue weighted by atomic mass is 35.5. The summed E-state index contributed by atoms with van der Waals surface area (Å²) in [5.41, 5.74) is 2.04. The lowest BCUT2D eigenvalue weighted by molar-refractivity contribution is 0.102. The van der Waals surface area contributed by atoms with Crippen molar-refractivity contribution in [2.75, 3.05) is 5.32 Å². The first kappa shape index (κ1) is 15.0. The van der Waals surface area contributed by atoms with Crippen LogP contribution in [0.25, 0.3) is 11.3 Å². The number of anilines is 1. The van der Waals surface area contributed by atoms with Crippen LogP contribution in [0.2, 0.25) is 10.0 Å². The van der Waals surface area contributed by atoms with Crippen LogP contribution in [0.5, 0.6) is 0 Å². The summed E-state index contributed by atoms with van der Waals surface area (Å²) >= 11 is 13.1. The smallest absolute Gasteiger partial charge is 0.257 e. The molecule has 0 fully saturated rings. The lowest BCUT2D eigenvalue weighted by Gasteiger charge is -2.03. The predicted molar refractivity (Wildman–Crippen MR) is 89.8 cm³/mol. The van der Waals surface area contributed by atoms with E-state index in [2.05, 4.69) is 15.3 Å². The molecular formula is C15H9Cl2N3OS. The predicted octanol–water partition coefficient (Wildman–Crippen LogP) is 4.76. The van der Waals surface area contributed by atoms with Gasteiger partial charge < -0.3 is 0 Å². The molecule has 0 saturated carbocycles. The van der Waals surface area contributed by atoms with Crippen molar-refractivity contribution < 1.29 is 4.79 Å². The van der Waals surface area contributed by atoms with E-state index in [1.54, 1.807) is 30.6 Å². The number of benzene rings is 1. The minimum atomic E-state index is -0.309. The first-order valence-electron chi connectivity index (χ1n) is 6.25. The summed E-state index contributed by atoms with van der Waals surface area (Å²) in [6, 6.07) is 8.42. The molecule has 1 amide bonds. The molecule has 0 aliphatic heterocycles. The quantitative estimate of drug-likeness (QED) is 0.741. The van der Waals surface area contributed by atoms with E-state index in [0.29, 0.717) is 20.7 Å². The number of aromatic nitrogens is 2. The molecule has 2 heterocycles. The zero-order valence-corrected chi connectivity index (χ0v) is 13.4. The third kappa shape index (κ3) is 3.44. The van der Waals surface area contributed by atoms with Gasteiger partial charge in [-0.15, -0.1) is 11.3 Å². The van der Waals surface area contributed by atoms with Gasteiger partial charge in [0.2, 0.25) is 0 Å². The third-order valence-corrected chi connectivity index (χ3v) is 4.00. The summed E-state index contributed by atoms with van der Waals surface area (Å²) in [4.78, 5) is 20.6. The molecule has 1 N–H and O–H groups in total. The SMILES string of the molecule is O=C(Nc1nc(-c2cccnc2)cs1)c1cc(Cl)cc(Cl)c1. The average molecular weight is 350 g/mol. The number of carbonyl (C=O) groups excluding carboxylic acids is 1. The molecule has 0 radical (unpaired) electrons. The van der Waals surface area contributed by atoms with Crippen LogP contribution in [0.15, 0.2) is 48.1 Å². The van der Waals surface area contributed by atoms with Crippen LogP contribution >= 0.6 is 34.5 Å². The topological polar surface area (TPSA) is 54.9 Å². The molecule has 3 rings (SSSR count). The minimum Gasteiger partial charge on any atom is -0.298 e. The third-order valence-electron chi connectivity index (χ3n) is 2.81. The van der Waals surface area contributed by atoms with Gasteiger partial charge in [-0.2, -0.15) is 0 Å². The van der Waals surface area contributed by atoms with E-state index < -0.39 is 0 Å². The Labute approximate surface area is 140 Å². The fourth-order valence-electron chi connectivity index (χ4n) is 1.83. The first-order chi connectivity index (χ1) is 10.6. The highest BCUT2D eigenvalue weighted by Crippen LogP contribution is 2.25. The lowest BCUT2D eigenvalue weighted by atomic mass is 10.2. The van der Waals surface area contributed by atoms with Crippen molar-refractivity contribution in [2.45, 2.75) is 0 Å². The van der Waals surface area contributed by atoms with Gasteiger partial charge in [0.15, 0.2) is 5.13 Å². The molecule has 7 heteroatoms. The van der Waals surface area contributed by atoms with E-state index in [4.69, 9.17) is 23.2 Å². The summed E-state index contributed by atoms with van der Waals surface area (Å²) in [5, 5.41) is 5.91. The van der Waals surface area contributed by atoms with Crippen LogP contribution in [-0.4, -0.2) is 15.9 Å². The molecule has 1 aromatic carbocycles. The second kappa shape index (κ2) is 6.44. The highest BCUT2D eigenvalue weighted by molar-refractivity contribution is 7.14. The van der Waals surface area contributed by atoms with Gasteiger partial charge in [-0.1, -0.05) is 23.2 Å². The van der Waals surface area contributed by atoms with Gasteiger partial charge in [-0.3, -0.25) is 15.1 Å². The summed E-state index contributed by atoms with van der Waals surface area (Å²) in [6.07, 6.45) is 3.42. The maximum absolute atomic E-state index is 12.2. The van der Waals surface area contributed by atoms with Gasteiger partial charge in [-0.05, 0) is 30.3 Å².